The Morgan fingerprint density at radius 3 is 2.22 bits per heavy atom. The molecule has 1 nitrogen and oxygen atoms in total. The molecular weight excluding hydrogens is 289 g/mol. The Labute approximate surface area is 83.6 Å². The number of hydrogen-bond acceptors (Lipinski definition) is 1. The van der Waals surface area contributed by atoms with Crippen LogP contribution in [-0.2, 0) is 3.07 Å². The predicted molar refractivity (Wildman–Crippen MR) is 45.4 cm³/mol. The topological polar surface area (TPSA) is 9.23 Å². The molecule has 0 aromatic carbocycles. The molecule has 0 heterocycles. The number of hydrogen-bond donors (Lipinski definition) is 0. The van der Waals surface area contributed by atoms with Gasteiger partial charge in [-0.2, -0.15) is 0 Å². The van der Waals surface area contributed by atoms with Crippen molar-refractivity contribution in [2.24, 2.45) is 0 Å². The summed E-state index contributed by atoms with van der Waals surface area (Å²) in [5.74, 6) is 0. The molecule has 5 heteroatoms. The summed E-state index contributed by atoms with van der Waals surface area (Å²) in [5.41, 5.74) is 0. The van der Waals surface area contributed by atoms with Gasteiger partial charge in [-0.05, 0) is 0 Å². The summed E-state index contributed by atoms with van der Waals surface area (Å²) >= 11 is 16.7. The van der Waals surface area contributed by atoms with Crippen LogP contribution in [-0.4, -0.2) is 33.3 Å². The van der Waals surface area contributed by atoms with Crippen LogP contribution in [0.5, 0.6) is 0 Å². The zero-order valence-electron chi connectivity index (χ0n) is 5.16. The van der Waals surface area contributed by atoms with Gasteiger partial charge in [0.25, 0.3) is 0 Å². The first-order chi connectivity index (χ1) is 4.06. The fraction of sp³-hybridized carbons (Fsp3) is 1.00. The first-order valence-corrected chi connectivity index (χ1v) is 6.08. The van der Waals surface area contributed by atoms with Crippen LogP contribution < -0.4 is 0 Å². The SMILES string of the molecule is ClC(Cl)(Cl)CCC[O][SnH3]. The maximum absolute atomic E-state index is 5.46. The molecule has 0 radical (unpaired) electrons. The van der Waals surface area contributed by atoms with E-state index in [2.05, 4.69) is 0 Å². The molecule has 0 saturated carbocycles. The molecule has 0 rings (SSSR count). The summed E-state index contributed by atoms with van der Waals surface area (Å²) in [6.45, 7) is 0.740. The zero-order chi connectivity index (χ0) is 7.33. The standard InChI is InChI=1S/C4H6Cl3O.Sn.3H/c5-4(6,7)2-1-3-8;;;;/h1-3H2;;;;/q-1;+1;;;. The van der Waals surface area contributed by atoms with Gasteiger partial charge >= 0.3 is 84.1 Å². The van der Waals surface area contributed by atoms with Gasteiger partial charge in [-0.1, -0.05) is 0 Å². The Bertz CT molecular complexity index is 72.7. The molecule has 0 aliphatic rings. The van der Waals surface area contributed by atoms with Crippen LogP contribution in [0.25, 0.3) is 0 Å². The Morgan fingerprint density at radius 1 is 1.33 bits per heavy atom. The van der Waals surface area contributed by atoms with Gasteiger partial charge in [0.05, 0.1) is 0 Å². The Balaban J connectivity index is 3.07. The third-order valence-corrected chi connectivity index (χ3v) is 2.54. The van der Waals surface area contributed by atoms with Gasteiger partial charge in [-0.15, -0.1) is 0 Å². The van der Waals surface area contributed by atoms with Crippen molar-refractivity contribution in [3.63, 3.8) is 0 Å². The van der Waals surface area contributed by atoms with Crippen LogP contribution in [0.15, 0.2) is 0 Å². The van der Waals surface area contributed by atoms with Crippen LogP contribution in [0.1, 0.15) is 12.8 Å². The molecule has 9 heavy (non-hydrogen) atoms. The third-order valence-electron chi connectivity index (χ3n) is 0.809. The molecule has 0 saturated heterocycles. The molecule has 56 valence electrons. The van der Waals surface area contributed by atoms with Gasteiger partial charge in [0.15, 0.2) is 0 Å². The fourth-order valence-electron chi connectivity index (χ4n) is 0.417. The van der Waals surface area contributed by atoms with Gasteiger partial charge in [0, 0.05) is 0 Å². The van der Waals surface area contributed by atoms with E-state index in [1.807, 2.05) is 0 Å². The molecular formula is C4H9Cl3OSn. The average molecular weight is 298 g/mol. The summed E-state index contributed by atoms with van der Waals surface area (Å²) in [7, 11) is 0. The van der Waals surface area contributed by atoms with Crippen molar-refractivity contribution in [1.29, 1.82) is 0 Å². The predicted octanol–water partition coefficient (Wildman–Crippen LogP) is 1.43. The minimum absolute atomic E-state index is 0.319. The molecule has 0 atom stereocenters. The summed E-state index contributed by atoms with van der Waals surface area (Å²) in [6, 6.07) is 0. The molecule has 0 fully saturated rings. The molecule has 0 aromatic heterocycles. The number of alkyl halides is 3. The average Bonchev–Trinajstić information content (AvgIpc) is 1.63. The maximum atomic E-state index is 5.46. The van der Waals surface area contributed by atoms with Crippen LogP contribution in [0.4, 0.5) is 0 Å². The quantitative estimate of drug-likeness (QED) is 0.435. The minimum atomic E-state index is -1.09. The van der Waals surface area contributed by atoms with E-state index in [0.717, 1.165) is 13.0 Å². The van der Waals surface area contributed by atoms with E-state index < -0.39 is 3.79 Å². The number of rotatable bonds is 3. The van der Waals surface area contributed by atoms with Crippen molar-refractivity contribution in [2.75, 3.05) is 6.61 Å². The Morgan fingerprint density at radius 2 is 1.89 bits per heavy atom. The molecule has 0 amide bonds. The van der Waals surface area contributed by atoms with Crippen LogP contribution >= 0.6 is 34.8 Å². The zero-order valence-corrected chi connectivity index (χ0v) is 13.1. The molecule has 0 bridgehead atoms. The van der Waals surface area contributed by atoms with Crippen molar-refractivity contribution >= 4 is 57.7 Å². The summed E-state index contributed by atoms with van der Waals surface area (Å²) < 4.78 is 3.88. The first kappa shape index (κ1) is 10.6. The second kappa shape index (κ2) is 5.30. The second-order valence-electron chi connectivity index (χ2n) is 1.71. The first-order valence-electron chi connectivity index (χ1n) is 2.62. The van der Waals surface area contributed by atoms with Crippen molar-refractivity contribution < 1.29 is 3.07 Å². The van der Waals surface area contributed by atoms with Crippen molar-refractivity contribution in [3.8, 4) is 0 Å². The fourth-order valence-corrected chi connectivity index (χ4v) is 1.64. The molecule has 0 spiro atoms. The van der Waals surface area contributed by atoms with Crippen molar-refractivity contribution in [2.45, 2.75) is 16.6 Å². The van der Waals surface area contributed by atoms with Crippen molar-refractivity contribution in [3.05, 3.63) is 0 Å². The summed E-state index contributed by atoms with van der Waals surface area (Å²) in [6.07, 6.45) is 1.42. The Kier molecular flexibility index (Phi) is 6.26. The summed E-state index contributed by atoms with van der Waals surface area (Å²) in [4.78, 5) is 0. The van der Waals surface area contributed by atoms with Gasteiger partial charge in [0.1, 0.15) is 0 Å². The molecule has 0 N–H and O–H groups in total. The third kappa shape index (κ3) is 9.63. The van der Waals surface area contributed by atoms with E-state index in [9.17, 15) is 0 Å². The van der Waals surface area contributed by atoms with Crippen LogP contribution in [0.2, 0.25) is 0 Å². The van der Waals surface area contributed by atoms with Gasteiger partial charge in [-0.3, -0.25) is 0 Å². The monoisotopic (exact) mass is 298 g/mol. The van der Waals surface area contributed by atoms with E-state index in [0.29, 0.717) is 29.4 Å². The molecule has 0 aliphatic carbocycles. The van der Waals surface area contributed by atoms with E-state index in [1.165, 1.54) is 0 Å². The number of halogens is 3. The normalized spacial score (nSPS) is 12.3. The van der Waals surface area contributed by atoms with Crippen LogP contribution in [0, 0.1) is 0 Å². The van der Waals surface area contributed by atoms with E-state index in [1.54, 1.807) is 0 Å². The molecule has 0 unspecified atom stereocenters. The van der Waals surface area contributed by atoms with Gasteiger partial charge in [-0.25, -0.2) is 0 Å². The van der Waals surface area contributed by atoms with E-state index >= 15 is 0 Å². The van der Waals surface area contributed by atoms with Gasteiger partial charge in [0.2, 0.25) is 0 Å². The van der Waals surface area contributed by atoms with Gasteiger partial charge < -0.3 is 0 Å². The second-order valence-corrected chi connectivity index (χ2v) is 5.88. The van der Waals surface area contributed by atoms with Crippen LogP contribution in [0.3, 0.4) is 0 Å². The van der Waals surface area contributed by atoms with Crippen molar-refractivity contribution in [1.82, 2.24) is 0 Å². The molecule has 0 aliphatic heterocycles. The van der Waals surface area contributed by atoms with E-state index in [4.69, 9.17) is 37.9 Å². The Hall–Kier alpha value is 1.63. The summed E-state index contributed by atoms with van der Waals surface area (Å²) in [5, 5.41) is 0. The molecule has 0 aromatic rings. The van der Waals surface area contributed by atoms with E-state index in [-0.39, 0.29) is 0 Å².